The lowest BCUT2D eigenvalue weighted by Gasteiger charge is -2.14. The van der Waals surface area contributed by atoms with Crippen molar-refractivity contribution in [3.63, 3.8) is 0 Å². The van der Waals surface area contributed by atoms with E-state index in [1.54, 1.807) is 12.1 Å². The molecule has 0 aliphatic rings. The second-order valence-electron chi connectivity index (χ2n) is 5.54. The van der Waals surface area contributed by atoms with Gasteiger partial charge in [0, 0.05) is 6.42 Å². The van der Waals surface area contributed by atoms with E-state index in [0.717, 1.165) is 16.7 Å². The lowest BCUT2D eigenvalue weighted by molar-refractivity contribution is 0.0691. The van der Waals surface area contributed by atoms with Crippen molar-refractivity contribution in [3.05, 3.63) is 101 Å². The molecule has 1 N–H and O–H groups in total. The van der Waals surface area contributed by atoms with Crippen LogP contribution < -0.4 is 4.74 Å². The minimum Gasteiger partial charge on any atom is -0.488 e. The largest absolute Gasteiger partial charge is 0.488 e. The van der Waals surface area contributed by atoms with E-state index < -0.39 is 5.97 Å². The van der Waals surface area contributed by atoms with Crippen LogP contribution in [0.4, 0.5) is 0 Å². The first-order valence-electron chi connectivity index (χ1n) is 7.80. The maximum Gasteiger partial charge on any atom is 0.339 e. The van der Waals surface area contributed by atoms with Crippen molar-refractivity contribution in [2.24, 2.45) is 0 Å². The molecule has 0 aliphatic carbocycles. The summed E-state index contributed by atoms with van der Waals surface area (Å²) in [6.07, 6.45) is 0.631. The third-order valence-electron chi connectivity index (χ3n) is 3.79. The van der Waals surface area contributed by atoms with Crippen LogP contribution in [0.3, 0.4) is 0 Å². The van der Waals surface area contributed by atoms with Crippen molar-refractivity contribution in [3.8, 4) is 5.75 Å². The van der Waals surface area contributed by atoms with E-state index in [1.165, 1.54) is 0 Å². The van der Waals surface area contributed by atoms with Gasteiger partial charge >= 0.3 is 5.97 Å². The van der Waals surface area contributed by atoms with E-state index >= 15 is 0 Å². The highest BCUT2D eigenvalue weighted by atomic mass is 16.5. The smallest absolute Gasteiger partial charge is 0.339 e. The molecule has 3 nitrogen and oxygen atoms in total. The van der Waals surface area contributed by atoms with Crippen LogP contribution in [0.5, 0.6) is 5.75 Å². The van der Waals surface area contributed by atoms with Crippen LogP contribution in [0.1, 0.15) is 27.0 Å². The van der Waals surface area contributed by atoms with Crippen molar-refractivity contribution in [2.75, 3.05) is 0 Å². The second-order valence-corrected chi connectivity index (χ2v) is 5.54. The standard InChI is InChI=1S/C21H18O3/c22-21(23)19-13-7-12-18(14-16-8-3-1-4-9-16)20(19)24-15-17-10-5-2-6-11-17/h1-13H,14-15H2,(H,22,23). The summed E-state index contributed by atoms with van der Waals surface area (Å²) in [6.45, 7) is 0.340. The molecule has 0 atom stereocenters. The van der Waals surface area contributed by atoms with E-state index in [4.69, 9.17) is 4.74 Å². The van der Waals surface area contributed by atoms with Gasteiger partial charge in [-0.15, -0.1) is 0 Å². The molecule has 0 unspecified atom stereocenters. The number of carboxylic acid groups (broad SMARTS) is 1. The van der Waals surface area contributed by atoms with Gasteiger partial charge < -0.3 is 9.84 Å². The van der Waals surface area contributed by atoms with Crippen molar-refractivity contribution in [1.29, 1.82) is 0 Å². The number of hydrogen-bond acceptors (Lipinski definition) is 2. The van der Waals surface area contributed by atoms with E-state index in [2.05, 4.69) is 0 Å². The monoisotopic (exact) mass is 318 g/mol. The van der Waals surface area contributed by atoms with Gasteiger partial charge in [0.2, 0.25) is 0 Å². The Hall–Kier alpha value is -3.07. The number of carbonyl (C=O) groups is 1. The summed E-state index contributed by atoms with van der Waals surface area (Å²) in [5.74, 6) is -0.536. The van der Waals surface area contributed by atoms with Gasteiger partial charge in [-0.05, 0) is 22.8 Å². The number of benzene rings is 3. The molecule has 0 aliphatic heterocycles. The highest BCUT2D eigenvalue weighted by molar-refractivity contribution is 5.91. The Morgan fingerprint density at radius 1 is 0.792 bits per heavy atom. The van der Waals surface area contributed by atoms with Crippen molar-refractivity contribution in [2.45, 2.75) is 13.0 Å². The molecule has 24 heavy (non-hydrogen) atoms. The molecular weight excluding hydrogens is 300 g/mol. The summed E-state index contributed by atoms with van der Waals surface area (Å²) in [7, 11) is 0. The van der Waals surface area contributed by atoms with Crippen LogP contribution in [0.15, 0.2) is 78.9 Å². The van der Waals surface area contributed by atoms with E-state index in [1.807, 2.05) is 66.7 Å². The Morgan fingerprint density at radius 3 is 2.04 bits per heavy atom. The molecule has 0 bridgehead atoms. The fourth-order valence-corrected chi connectivity index (χ4v) is 2.61. The summed E-state index contributed by atoms with van der Waals surface area (Å²) < 4.78 is 5.91. The molecule has 0 amide bonds. The van der Waals surface area contributed by atoms with Gasteiger partial charge in [0.15, 0.2) is 0 Å². The highest BCUT2D eigenvalue weighted by Gasteiger charge is 2.16. The first-order valence-corrected chi connectivity index (χ1v) is 7.80. The van der Waals surface area contributed by atoms with Crippen molar-refractivity contribution >= 4 is 5.97 Å². The summed E-state index contributed by atoms with van der Waals surface area (Å²) >= 11 is 0. The molecule has 3 aromatic carbocycles. The summed E-state index contributed by atoms with van der Waals surface area (Å²) in [5.41, 5.74) is 3.18. The Morgan fingerprint density at radius 2 is 1.42 bits per heavy atom. The molecule has 3 aromatic rings. The first kappa shape index (κ1) is 15.8. The first-order chi connectivity index (χ1) is 11.7. The van der Waals surface area contributed by atoms with Gasteiger partial charge in [-0.1, -0.05) is 72.8 Å². The maximum atomic E-state index is 11.6. The average Bonchev–Trinajstić information content (AvgIpc) is 2.62. The molecule has 3 rings (SSSR count). The van der Waals surface area contributed by atoms with Crippen LogP contribution >= 0.6 is 0 Å². The Bertz CT molecular complexity index is 811. The molecule has 0 aromatic heterocycles. The number of aromatic carboxylic acids is 1. The Balaban J connectivity index is 1.90. The summed E-state index contributed by atoms with van der Waals surface area (Å²) in [4.78, 5) is 11.6. The number of para-hydroxylation sites is 1. The van der Waals surface area contributed by atoms with Crippen LogP contribution in [0.2, 0.25) is 0 Å². The highest BCUT2D eigenvalue weighted by Crippen LogP contribution is 2.27. The van der Waals surface area contributed by atoms with Gasteiger partial charge in [-0.2, -0.15) is 0 Å². The molecule has 0 radical (unpaired) electrons. The van der Waals surface area contributed by atoms with Gasteiger partial charge in [-0.3, -0.25) is 0 Å². The summed E-state index contributed by atoms with van der Waals surface area (Å²) in [6, 6.07) is 24.9. The normalized spacial score (nSPS) is 10.3. The average molecular weight is 318 g/mol. The van der Waals surface area contributed by atoms with E-state index in [-0.39, 0.29) is 5.56 Å². The zero-order valence-electron chi connectivity index (χ0n) is 13.2. The van der Waals surface area contributed by atoms with Gasteiger partial charge in [0.05, 0.1) is 0 Å². The Kier molecular flexibility index (Phi) is 4.92. The lowest BCUT2D eigenvalue weighted by Crippen LogP contribution is -2.06. The number of hydrogen-bond donors (Lipinski definition) is 1. The Labute approximate surface area is 141 Å². The molecule has 0 heterocycles. The molecule has 0 fully saturated rings. The van der Waals surface area contributed by atoms with Gasteiger partial charge in [-0.25, -0.2) is 4.79 Å². The molecular formula is C21H18O3. The zero-order valence-corrected chi connectivity index (χ0v) is 13.2. The molecule has 120 valence electrons. The van der Waals surface area contributed by atoms with E-state index in [0.29, 0.717) is 18.8 Å². The fraction of sp³-hybridized carbons (Fsp3) is 0.0952. The van der Waals surface area contributed by atoms with Crippen molar-refractivity contribution in [1.82, 2.24) is 0 Å². The van der Waals surface area contributed by atoms with Gasteiger partial charge in [0.25, 0.3) is 0 Å². The third-order valence-corrected chi connectivity index (χ3v) is 3.79. The van der Waals surface area contributed by atoms with Gasteiger partial charge in [0.1, 0.15) is 17.9 Å². The quantitative estimate of drug-likeness (QED) is 0.725. The predicted octanol–water partition coefficient (Wildman–Crippen LogP) is 4.55. The van der Waals surface area contributed by atoms with Crippen LogP contribution in [-0.2, 0) is 13.0 Å². The molecule has 0 saturated heterocycles. The fourth-order valence-electron chi connectivity index (χ4n) is 2.61. The molecule has 3 heteroatoms. The zero-order chi connectivity index (χ0) is 16.8. The topological polar surface area (TPSA) is 46.5 Å². The molecule has 0 spiro atoms. The number of rotatable bonds is 6. The second kappa shape index (κ2) is 7.47. The lowest BCUT2D eigenvalue weighted by atomic mass is 10.0. The minimum atomic E-state index is -0.979. The van der Waals surface area contributed by atoms with Crippen molar-refractivity contribution < 1.29 is 14.6 Å². The molecule has 0 saturated carbocycles. The number of carboxylic acids is 1. The van der Waals surface area contributed by atoms with Crippen LogP contribution in [0.25, 0.3) is 0 Å². The SMILES string of the molecule is O=C(O)c1cccc(Cc2ccccc2)c1OCc1ccccc1. The maximum absolute atomic E-state index is 11.6. The van der Waals surface area contributed by atoms with Crippen LogP contribution in [0, 0.1) is 0 Å². The predicted molar refractivity (Wildman–Crippen MR) is 93.4 cm³/mol. The minimum absolute atomic E-state index is 0.194. The van der Waals surface area contributed by atoms with E-state index in [9.17, 15) is 9.90 Å². The summed E-state index contributed by atoms with van der Waals surface area (Å²) in [5, 5.41) is 9.47. The third kappa shape index (κ3) is 3.82. The number of ether oxygens (including phenoxy) is 1. The van der Waals surface area contributed by atoms with Crippen LogP contribution in [-0.4, -0.2) is 11.1 Å².